The number of nitrogens with zero attached hydrogens (tertiary/aromatic N) is 4. The van der Waals surface area contributed by atoms with Crippen molar-refractivity contribution in [3.05, 3.63) is 223 Å². The maximum atomic E-state index is 10.1. The smallest absolute Gasteiger partial charge is 0.269 e. The zero-order valence-electron chi connectivity index (χ0n) is 67.2. The molecule has 5 heteroatoms. The van der Waals surface area contributed by atoms with Crippen molar-refractivity contribution in [2.45, 2.75) is 77.2 Å². The van der Waals surface area contributed by atoms with E-state index in [9.17, 15) is 15.1 Å². The quantitative estimate of drug-likeness (QED) is 0.112. The maximum Gasteiger partial charge on any atom is 0.269 e. The lowest BCUT2D eigenvalue weighted by Gasteiger charge is -2.42. The number of pyridine rings is 1. The van der Waals surface area contributed by atoms with Crippen LogP contribution in [-0.2, 0) is 16.2 Å². The molecule has 3 aromatic heterocycles. The number of hydrogen-bond donors (Lipinski definition) is 0. The van der Waals surface area contributed by atoms with Gasteiger partial charge in [0, 0.05) is 45.0 Å². The van der Waals surface area contributed by atoms with E-state index in [1.165, 1.54) is 39.5 Å². The van der Waals surface area contributed by atoms with Gasteiger partial charge in [0.2, 0.25) is 0 Å². The molecule has 0 unspecified atom stereocenters. The van der Waals surface area contributed by atoms with Crippen LogP contribution in [0.3, 0.4) is 0 Å². The van der Waals surface area contributed by atoms with E-state index in [0.717, 1.165) is 33.4 Å². The Balaban J connectivity index is 1.19. The minimum Gasteiger partial charge on any atom is -0.458 e. The maximum absolute atomic E-state index is 10.1. The number of hydrogen-bond acceptors (Lipinski definition) is 2. The molecule has 71 heavy (non-hydrogen) atoms. The summed E-state index contributed by atoms with van der Waals surface area (Å²) in [5, 5.41) is 1.81. The fourth-order valence-electron chi connectivity index (χ4n) is 9.09. The first-order chi connectivity index (χ1) is 46.3. The summed E-state index contributed by atoms with van der Waals surface area (Å²) in [6, 6.07) is 19.0. The fourth-order valence-corrected chi connectivity index (χ4v) is 9.09. The molecule has 0 fully saturated rings. The molecule has 0 spiro atoms. The SMILES string of the molecule is [2H]c1c([2H])c([2H])c(-c2cccc(-c3c([2H])c([2H])c([2H])c([2H])c3[2H])c2-[n+]2[c-]n(-c3cccc(Oc4ccc5c6ccccc6n(-c6cc(C(C)(C)C)ccn6)c5c4)c3)c3ccc(-c4c([2H])c([2H])c5c(c4[2H])C(C([2H])([2H])[2H])(C([2H])([2H])[2H])C([2H])([2H])C([2H])([2H])C5(C([2H])([2H])[2H])C([2H])([2H])[2H])cc32)c([2H])c1[2H]. The zero-order valence-corrected chi connectivity index (χ0v) is 38.2. The first-order valence-electron chi connectivity index (χ1n) is 37.0. The topological polar surface area (TPSA) is 35.9 Å². The number of ether oxygens (including phenoxy) is 1. The van der Waals surface area contributed by atoms with Crippen LogP contribution < -0.4 is 9.30 Å². The minimum absolute atomic E-state index is 0.0366. The lowest BCUT2D eigenvalue weighted by atomic mass is 9.63. The zero-order chi connectivity index (χ0) is 73.5. The molecule has 0 N–H and O–H groups in total. The molecule has 0 aliphatic heterocycles. The van der Waals surface area contributed by atoms with E-state index in [4.69, 9.17) is 34.4 Å². The Morgan fingerprint density at radius 2 is 1.31 bits per heavy atom. The van der Waals surface area contributed by atoms with Gasteiger partial charge < -0.3 is 4.74 Å². The van der Waals surface area contributed by atoms with Crippen LogP contribution >= 0.6 is 0 Å². The van der Waals surface area contributed by atoms with Gasteiger partial charge in [-0.15, -0.1) is 0 Å². The Bertz CT molecular complexity index is 5110. The van der Waals surface area contributed by atoms with Crippen molar-refractivity contribution in [3.8, 4) is 62.1 Å². The largest absolute Gasteiger partial charge is 0.458 e. The van der Waals surface area contributed by atoms with Crippen molar-refractivity contribution in [2.24, 2.45) is 0 Å². The molecule has 0 saturated heterocycles. The van der Waals surface area contributed by atoms with Gasteiger partial charge >= 0.3 is 0 Å². The number of para-hydroxylation sites is 2. The first-order valence-corrected chi connectivity index (χ1v) is 22.5. The van der Waals surface area contributed by atoms with Gasteiger partial charge in [-0.3, -0.25) is 13.7 Å². The van der Waals surface area contributed by atoms with E-state index in [1.54, 1.807) is 36.5 Å². The molecule has 0 saturated carbocycles. The van der Waals surface area contributed by atoms with Gasteiger partial charge in [0.1, 0.15) is 17.3 Å². The average molecular weight is 952 g/mol. The molecule has 0 amide bonds. The van der Waals surface area contributed by atoms with Crippen molar-refractivity contribution < 1.29 is 49.1 Å². The number of fused-ring (bicyclic) bond motifs is 5. The molecular weight excluding hydrogens is 865 g/mol. The molecule has 11 aromatic rings. The molecule has 1 aliphatic carbocycles. The summed E-state index contributed by atoms with van der Waals surface area (Å²) >= 11 is 0. The second-order valence-electron chi connectivity index (χ2n) is 18.2. The normalized spacial score (nSPS) is 22.3. The van der Waals surface area contributed by atoms with Crippen molar-refractivity contribution in [1.82, 2.24) is 14.1 Å². The third-order valence-corrected chi connectivity index (χ3v) is 12.5. The number of aromatic nitrogens is 4. The summed E-state index contributed by atoms with van der Waals surface area (Å²) in [5.41, 5.74) is -13.0. The Morgan fingerprint density at radius 1 is 0.620 bits per heavy atom. The molecule has 1 aliphatic rings. The molecule has 5 nitrogen and oxygen atoms in total. The average Bonchev–Trinajstić information content (AvgIpc) is 0.680. The summed E-state index contributed by atoms with van der Waals surface area (Å²) < 4.78 is 274. The predicted octanol–water partition coefficient (Wildman–Crippen LogP) is 16.6. The first kappa shape index (κ1) is 22.8. The van der Waals surface area contributed by atoms with Gasteiger partial charge in [-0.05, 0) is 134 Å². The molecule has 12 rings (SSSR count). The van der Waals surface area contributed by atoms with Crippen LogP contribution in [0.4, 0.5) is 0 Å². The highest BCUT2D eigenvalue weighted by atomic mass is 16.5. The summed E-state index contributed by atoms with van der Waals surface area (Å²) in [7, 11) is 0. The third-order valence-electron chi connectivity index (χ3n) is 12.5. The second kappa shape index (κ2) is 16.8. The van der Waals surface area contributed by atoms with Crippen LogP contribution in [0.15, 0.2) is 200 Å². The van der Waals surface area contributed by atoms with Crippen molar-refractivity contribution in [1.29, 1.82) is 0 Å². The van der Waals surface area contributed by atoms with Crippen LogP contribution in [0.2, 0.25) is 0 Å². The van der Waals surface area contributed by atoms with Crippen molar-refractivity contribution in [2.75, 3.05) is 0 Å². The number of benzene rings is 8. The van der Waals surface area contributed by atoms with Gasteiger partial charge in [0.05, 0.1) is 51.3 Å². The molecule has 3 heterocycles. The highest BCUT2D eigenvalue weighted by molar-refractivity contribution is 6.09. The molecular formula is C66H58N4O. The third kappa shape index (κ3) is 7.81. The predicted molar refractivity (Wildman–Crippen MR) is 293 cm³/mol. The van der Waals surface area contributed by atoms with Crippen LogP contribution in [0, 0.1) is 6.33 Å². The van der Waals surface area contributed by atoms with E-state index in [0.29, 0.717) is 11.6 Å². The molecule has 348 valence electrons. The lowest BCUT2D eigenvalue weighted by molar-refractivity contribution is -0.571. The Kier molecular flexibility index (Phi) is 5.41. The Morgan fingerprint density at radius 3 is 2.04 bits per heavy atom. The van der Waals surface area contributed by atoms with E-state index >= 15 is 0 Å². The van der Waals surface area contributed by atoms with Crippen LogP contribution in [0.25, 0.3) is 83.4 Å². The highest BCUT2D eigenvalue weighted by Crippen LogP contribution is 2.47. The van der Waals surface area contributed by atoms with E-state index in [2.05, 4.69) is 27.1 Å². The molecule has 0 atom stereocenters. The number of imidazole rings is 1. The molecule has 0 radical (unpaired) electrons. The van der Waals surface area contributed by atoms with Crippen LogP contribution in [0.1, 0.15) is 117 Å². The second-order valence-corrected chi connectivity index (χ2v) is 18.2. The summed E-state index contributed by atoms with van der Waals surface area (Å²) in [5.74, 6) is 1.21. The molecule has 8 aromatic carbocycles. The Hall–Kier alpha value is -8.02. The fraction of sp³-hybridized carbons (Fsp3) is 0.182. The lowest BCUT2D eigenvalue weighted by Crippen LogP contribution is -2.33. The number of rotatable bonds is 8. The van der Waals surface area contributed by atoms with Gasteiger partial charge in [0.25, 0.3) is 6.33 Å². The van der Waals surface area contributed by atoms with E-state index in [-0.39, 0.29) is 44.7 Å². The Labute approximate surface area is 458 Å². The van der Waals surface area contributed by atoms with E-state index in [1.807, 2.05) is 53.1 Å². The standard InChI is InChI=1S/C66H58N4O/c1-64(2,3)48-34-37-67-62(40-48)70-58-27-15-14-24-54(58)55-31-30-51(42-60(55)70)71-50-23-16-22-49(41-50)68-43-69(63-52(44-18-10-8-11-19-44)25-17-26-53(63)45-20-12-9-13-21-45)61-39-47(29-33-59(61)68)46-28-32-56-57(38-46)66(6,7)36-35-65(56,4)5/h8-34,37-42H,35-36H2,1-7H3/i4D3,5D3,6D3,7D3,8D,9D,10D,11D,12D,13D,18D,19D,20D,21D,28D,32D,35D2,36D2,38D. The van der Waals surface area contributed by atoms with Crippen LogP contribution in [-0.4, -0.2) is 14.1 Å². The van der Waals surface area contributed by atoms with Gasteiger partial charge in [0.15, 0.2) is 0 Å². The van der Waals surface area contributed by atoms with Gasteiger partial charge in [-0.25, -0.2) is 4.98 Å². The van der Waals surface area contributed by atoms with E-state index < -0.39 is 163 Å². The summed E-state index contributed by atoms with van der Waals surface area (Å²) in [6.45, 7) is -11.1. The summed E-state index contributed by atoms with van der Waals surface area (Å²) in [4.78, 5) is 4.79. The van der Waals surface area contributed by atoms with Gasteiger partial charge in [-0.2, -0.15) is 0 Å². The minimum atomic E-state index is -4.64. The monoisotopic (exact) mass is 952 g/mol. The summed E-state index contributed by atoms with van der Waals surface area (Å²) in [6.07, 6.45) is -4.27. The highest BCUT2D eigenvalue weighted by Gasteiger charge is 2.37. The van der Waals surface area contributed by atoms with Crippen molar-refractivity contribution in [3.63, 3.8) is 0 Å². The van der Waals surface area contributed by atoms with Gasteiger partial charge in [-0.1, -0.05) is 181 Å². The van der Waals surface area contributed by atoms with Crippen molar-refractivity contribution >= 4 is 32.8 Å². The van der Waals surface area contributed by atoms with Crippen LogP contribution in [0.5, 0.6) is 11.5 Å². The molecule has 0 bridgehead atoms.